The van der Waals surface area contributed by atoms with E-state index in [0.717, 1.165) is 18.2 Å². The fourth-order valence-electron chi connectivity index (χ4n) is 0.541. The highest BCUT2D eigenvalue weighted by molar-refractivity contribution is 7.65. The van der Waals surface area contributed by atoms with Crippen LogP contribution in [-0.4, -0.2) is 0 Å². The summed E-state index contributed by atoms with van der Waals surface area (Å²) < 4.78 is 34.6. The molecule has 0 bridgehead atoms. The molecule has 10 heavy (non-hydrogen) atoms. The Balaban J connectivity index is 3.21. The Morgan fingerprint density at radius 1 is 1.30 bits per heavy atom. The topological polar surface area (TPSA) is 17.1 Å². The first-order valence-corrected chi connectivity index (χ1v) is 3.23. The molecule has 0 spiro atoms. The molecule has 0 aromatic heterocycles. The van der Waals surface area contributed by atoms with Crippen LogP contribution in [0.5, 0.6) is 0 Å². The van der Waals surface area contributed by atoms with Gasteiger partial charge >= 0.3 is 16.6 Å². The molecule has 0 unspecified atom stereocenters. The first-order valence-electron chi connectivity index (χ1n) is 2.49. The lowest BCUT2D eigenvalue weighted by atomic mass is 10.3. The van der Waals surface area contributed by atoms with E-state index in [1.807, 2.05) is 0 Å². The maximum Gasteiger partial charge on any atom is 0.508 e. The molecule has 0 fully saturated rings. The molecule has 52 valence electrons. The summed E-state index contributed by atoms with van der Waals surface area (Å²) in [5, 5.41) is 0. The van der Waals surface area contributed by atoms with E-state index in [2.05, 4.69) is 0 Å². The monoisotopic (exact) mass is 161 g/mol. The van der Waals surface area contributed by atoms with Crippen LogP contribution >= 0.6 is 0 Å². The van der Waals surface area contributed by atoms with E-state index in [9.17, 15) is 13.0 Å². The Hall–Kier alpha value is -0.900. The van der Waals surface area contributed by atoms with Crippen molar-refractivity contribution >= 4 is 11.7 Å². The standard InChI is InChI=1S/C6H3F2OS/c7-4-1-2-5(8)6(3-4)10-9/h1-3H/q+1. The van der Waals surface area contributed by atoms with Crippen molar-refractivity contribution in [3.8, 4) is 0 Å². The van der Waals surface area contributed by atoms with Crippen LogP contribution in [-0.2, 0) is 15.9 Å². The third-order valence-electron chi connectivity index (χ3n) is 0.983. The van der Waals surface area contributed by atoms with E-state index < -0.39 is 11.6 Å². The smallest absolute Gasteiger partial charge is 0.207 e. The molecule has 0 atom stereocenters. The number of rotatable bonds is 1. The van der Waals surface area contributed by atoms with Crippen LogP contribution in [0, 0.1) is 11.6 Å². The van der Waals surface area contributed by atoms with Gasteiger partial charge in [0.2, 0.25) is 0 Å². The summed E-state index contributed by atoms with van der Waals surface area (Å²) in [6, 6.07) is 2.76. The van der Waals surface area contributed by atoms with Gasteiger partial charge in [-0.25, -0.2) is 8.78 Å². The Morgan fingerprint density at radius 3 is 2.50 bits per heavy atom. The Kier molecular flexibility index (Phi) is 2.01. The van der Waals surface area contributed by atoms with Crippen molar-refractivity contribution < 1.29 is 13.0 Å². The summed E-state index contributed by atoms with van der Waals surface area (Å²) in [6.45, 7) is 0. The van der Waals surface area contributed by atoms with Gasteiger partial charge in [-0.15, -0.1) is 0 Å². The number of hydrogen-bond acceptors (Lipinski definition) is 1. The van der Waals surface area contributed by atoms with Gasteiger partial charge in [-0.05, 0) is 12.1 Å². The second kappa shape index (κ2) is 2.79. The predicted molar refractivity (Wildman–Crippen MR) is 32.7 cm³/mol. The van der Waals surface area contributed by atoms with Gasteiger partial charge in [-0.1, -0.05) is 0 Å². The molecule has 4 heteroatoms. The SMILES string of the molecule is O=[S+]c1cc(F)ccc1F. The van der Waals surface area contributed by atoms with Gasteiger partial charge in [0, 0.05) is 10.3 Å². The van der Waals surface area contributed by atoms with Crippen LogP contribution in [0.2, 0.25) is 0 Å². The maximum absolute atomic E-state index is 12.4. The van der Waals surface area contributed by atoms with Gasteiger partial charge in [-0.2, -0.15) is 0 Å². The molecular formula is C6H3F2OS+. The zero-order valence-electron chi connectivity index (χ0n) is 4.80. The zero-order valence-corrected chi connectivity index (χ0v) is 5.62. The second-order valence-electron chi connectivity index (χ2n) is 1.66. The second-order valence-corrected chi connectivity index (χ2v) is 2.26. The lowest BCUT2D eigenvalue weighted by Crippen LogP contribution is -1.83. The number of hydrogen-bond donors (Lipinski definition) is 0. The van der Waals surface area contributed by atoms with Crippen molar-refractivity contribution in [2.24, 2.45) is 0 Å². The van der Waals surface area contributed by atoms with E-state index in [1.165, 1.54) is 0 Å². The minimum absolute atomic E-state index is 0.0554. The molecule has 0 saturated heterocycles. The van der Waals surface area contributed by atoms with Gasteiger partial charge in [0.15, 0.2) is 5.82 Å². The average molecular weight is 161 g/mol. The molecule has 0 saturated carbocycles. The van der Waals surface area contributed by atoms with Crippen molar-refractivity contribution in [3.63, 3.8) is 0 Å². The third kappa shape index (κ3) is 1.33. The summed E-state index contributed by atoms with van der Waals surface area (Å²) in [5.74, 6) is -1.28. The molecule has 0 N–H and O–H groups in total. The zero-order chi connectivity index (χ0) is 7.56. The van der Waals surface area contributed by atoms with Gasteiger partial charge < -0.3 is 0 Å². The van der Waals surface area contributed by atoms with Gasteiger partial charge in [0.1, 0.15) is 5.82 Å². The van der Waals surface area contributed by atoms with Crippen LogP contribution < -0.4 is 0 Å². The quantitative estimate of drug-likeness (QED) is 0.573. The van der Waals surface area contributed by atoms with Crippen molar-refractivity contribution in [3.05, 3.63) is 29.8 Å². The highest BCUT2D eigenvalue weighted by Gasteiger charge is 2.14. The Labute approximate surface area is 60.2 Å². The maximum atomic E-state index is 12.4. The third-order valence-corrected chi connectivity index (χ3v) is 1.48. The summed E-state index contributed by atoms with van der Waals surface area (Å²) in [6.07, 6.45) is 0. The van der Waals surface area contributed by atoms with Crippen molar-refractivity contribution in [2.45, 2.75) is 4.90 Å². The Bertz CT molecular complexity index is 262. The van der Waals surface area contributed by atoms with Crippen molar-refractivity contribution in [1.29, 1.82) is 0 Å². The van der Waals surface area contributed by atoms with E-state index in [4.69, 9.17) is 0 Å². The number of halogens is 2. The lowest BCUT2D eigenvalue weighted by molar-refractivity contribution is 0.566. The summed E-state index contributed by atoms with van der Waals surface area (Å²) >= 11 is -0.0554. The van der Waals surface area contributed by atoms with Crippen LogP contribution in [0.15, 0.2) is 23.1 Å². The molecule has 1 aromatic carbocycles. The van der Waals surface area contributed by atoms with Crippen LogP contribution in [0.25, 0.3) is 0 Å². The van der Waals surface area contributed by atoms with Gasteiger partial charge in [-0.3, -0.25) is 0 Å². The predicted octanol–water partition coefficient (Wildman–Crippen LogP) is 1.75. The normalized spacial score (nSPS) is 9.40. The molecule has 0 radical (unpaired) electrons. The lowest BCUT2D eigenvalue weighted by Gasteiger charge is -1.83. The number of benzene rings is 1. The fraction of sp³-hybridized carbons (Fsp3) is 0. The van der Waals surface area contributed by atoms with Crippen LogP contribution in [0.3, 0.4) is 0 Å². The summed E-state index contributed by atoms with van der Waals surface area (Å²) in [5.41, 5.74) is 0. The fourth-order valence-corrected chi connectivity index (χ4v) is 0.849. The molecule has 0 amide bonds. The summed E-state index contributed by atoms with van der Waals surface area (Å²) in [7, 11) is 0. The van der Waals surface area contributed by atoms with Crippen LogP contribution in [0.4, 0.5) is 8.78 Å². The Morgan fingerprint density at radius 2 is 2.00 bits per heavy atom. The molecular weight excluding hydrogens is 158 g/mol. The molecule has 1 aromatic rings. The van der Waals surface area contributed by atoms with Gasteiger partial charge in [0.25, 0.3) is 0 Å². The highest BCUT2D eigenvalue weighted by atomic mass is 32.1. The molecule has 0 heterocycles. The van der Waals surface area contributed by atoms with Gasteiger partial charge in [0.05, 0.1) is 0 Å². The minimum atomic E-state index is -0.679. The molecule has 0 aliphatic rings. The molecule has 0 aliphatic heterocycles. The van der Waals surface area contributed by atoms with Crippen LogP contribution in [0.1, 0.15) is 0 Å². The first-order chi connectivity index (χ1) is 4.74. The molecule has 0 aliphatic carbocycles. The largest absolute Gasteiger partial charge is 0.508 e. The van der Waals surface area contributed by atoms with E-state index in [1.54, 1.807) is 0 Å². The van der Waals surface area contributed by atoms with E-state index in [-0.39, 0.29) is 16.6 Å². The minimum Gasteiger partial charge on any atom is -0.207 e. The van der Waals surface area contributed by atoms with Crippen molar-refractivity contribution in [2.75, 3.05) is 0 Å². The molecule has 1 rings (SSSR count). The average Bonchev–Trinajstić information content (AvgIpc) is 1.94. The van der Waals surface area contributed by atoms with Crippen molar-refractivity contribution in [1.82, 2.24) is 0 Å². The first kappa shape index (κ1) is 7.21. The summed E-state index contributed by atoms with van der Waals surface area (Å²) in [4.78, 5) is -0.208. The van der Waals surface area contributed by atoms with E-state index in [0.29, 0.717) is 0 Å². The molecule has 1 nitrogen and oxygen atoms in total. The highest BCUT2D eigenvalue weighted by Crippen LogP contribution is 2.08. The van der Waals surface area contributed by atoms with E-state index >= 15 is 0 Å².